The number of carbonyl (C=O) groups is 3. The van der Waals surface area contributed by atoms with Gasteiger partial charge in [0.25, 0.3) is 0 Å². The largest absolute Gasteiger partial charge is 0.481 e. The first-order chi connectivity index (χ1) is 9.29. The van der Waals surface area contributed by atoms with Gasteiger partial charge >= 0.3 is 5.97 Å². The van der Waals surface area contributed by atoms with Crippen molar-refractivity contribution in [2.75, 3.05) is 13.6 Å². The molecule has 1 aliphatic rings. The van der Waals surface area contributed by atoms with Crippen LogP contribution in [0.4, 0.5) is 0 Å². The first-order valence-corrected chi connectivity index (χ1v) is 7.02. The highest BCUT2D eigenvalue weighted by molar-refractivity contribution is 5.86. The number of nitrogens with one attached hydrogen (secondary N) is 2. The molecule has 0 spiro atoms. The SMILES string of the molecule is CNC(=O)C(C)(C)CNC(=O)C1CCCCC1C(=O)O. The molecule has 0 aromatic carbocycles. The molecule has 0 aromatic rings. The Kier molecular flexibility index (Phi) is 5.53. The van der Waals surface area contributed by atoms with Gasteiger partial charge in [-0.25, -0.2) is 0 Å². The number of carboxylic acids is 1. The summed E-state index contributed by atoms with van der Waals surface area (Å²) in [7, 11) is 1.55. The molecule has 1 fully saturated rings. The molecule has 0 radical (unpaired) electrons. The molecule has 3 N–H and O–H groups in total. The Balaban J connectivity index is 2.61. The van der Waals surface area contributed by atoms with Gasteiger partial charge in [0, 0.05) is 13.6 Å². The van der Waals surface area contributed by atoms with Crippen LogP contribution in [0.2, 0.25) is 0 Å². The minimum Gasteiger partial charge on any atom is -0.481 e. The first-order valence-electron chi connectivity index (χ1n) is 7.02. The molecule has 0 heterocycles. The summed E-state index contributed by atoms with van der Waals surface area (Å²) < 4.78 is 0. The van der Waals surface area contributed by atoms with Crippen LogP contribution in [-0.4, -0.2) is 36.5 Å². The molecule has 2 amide bonds. The quantitative estimate of drug-likeness (QED) is 0.694. The maximum Gasteiger partial charge on any atom is 0.307 e. The smallest absolute Gasteiger partial charge is 0.307 e. The monoisotopic (exact) mass is 284 g/mol. The molecular formula is C14H24N2O4. The predicted octanol–water partition coefficient (Wildman–Crippen LogP) is 0.766. The van der Waals surface area contributed by atoms with E-state index in [1.165, 1.54) is 0 Å². The number of hydrogen-bond donors (Lipinski definition) is 3. The number of carboxylic acid groups (broad SMARTS) is 1. The van der Waals surface area contributed by atoms with Crippen LogP contribution >= 0.6 is 0 Å². The van der Waals surface area contributed by atoms with Crippen LogP contribution in [0.5, 0.6) is 0 Å². The molecule has 0 bridgehead atoms. The normalized spacial score (nSPS) is 22.9. The van der Waals surface area contributed by atoms with E-state index in [9.17, 15) is 14.4 Å². The van der Waals surface area contributed by atoms with Gasteiger partial charge in [-0.3, -0.25) is 14.4 Å². The second-order valence-electron chi connectivity index (χ2n) is 6.02. The van der Waals surface area contributed by atoms with E-state index in [1.807, 2.05) is 0 Å². The molecule has 0 saturated heterocycles. The lowest BCUT2D eigenvalue weighted by Crippen LogP contribution is -2.47. The van der Waals surface area contributed by atoms with Crippen LogP contribution in [0.3, 0.4) is 0 Å². The van der Waals surface area contributed by atoms with Crippen molar-refractivity contribution in [3.8, 4) is 0 Å². The summed E-state index contributed by atoms with van der Waals surface area (Å²) in [5.41, 5.74) is -0.711. The van der Waals surface area contributed by atoms with E-state index in [0.29, 0.717) is 12.8 Å². The lowest BCUT2D eigenvalue weighted by Gasteiger charge is -2.29. The number of carbonyl (C=O) groups excluding carboxylic acids is 2. The highest BCUT2D eigenvalue weighted by Crippen LogP contribution is 2.30. The van der Waals surface area contributed by atoms with Gasteiger partial charge in [-0.15, -0.1) is 0 Å². The number of amides is 2. The van der Waals surface area contributed by atoms with Crippen molar-refractivity contribution in [2.24, 2.45) is 17.3 Å². The average molecular weight is 284 g/mol. The van der Waals surface area contributed by atoms with Crippen LogP contribution in [0.1, 0.15) is 39.5 Å². The Labute approximate surface area is 119 Å². The Bertz CT molecular complexity index is 393. The van der Waals surface area contributed by atoms with Crippen LogP contribution < -0.4 is 10.6 Å². The van der Waals surface area contributed by atoms with Crippen LogP contribution in [0.15, 0.2) is 0 Å². The molecule has 2 atom stereocenters. The van der Waals surface area contributed by atoms with E-state index in [1.54, 1.807) is 20.9 Å². The molecule has 6 heteroatoms. The molecule has 1 aliphatic carbocycles. The van der Waals surface area contributed by atoms with Crippen molar-refractivity contribution < 1.29 is 19.5 Å². The minimum absolute atomic E-state index is 0.156. The summed E-state index contributed by atoms with van der Waals surface area (Å²) in [6, 6.07) is 0. The fourth-order valence-corrected chi connectivity index (χ4v) is 2.60. The van der Waals surface area contributed by atoms with Crippen molar-refractivity contribution in [3.63, 3.8) is 0 Å². The first kappa shape index (κ1) is 16.5. The molecule has 1 rings (SSSR count). The Morgan fingerprint density at radius 1 is 1.15 bits per heavy atom. The van der Waals surface area contributed by atoms with Crippen molar-refractivity contribution in [2.45, 2.75) is 39.5 Å². The second-order valence-corrected chi connectivity index (χ2v) is 6.02. The van der Waals surface area contributed by atoms with E-state index in [-0.39, 0.29) is 18.4 Å². The van der Waals surface area contributed by atoms with E-state index >= 15 is 0 Å². The summed E-state index contributed by atoms with van der Waals surface area (Å²) in [5.74, 6) is -2.41. The molecule has 0 aromatic heterocycles. The van der Waals surface area contributed by atoms with Gasteiger partial charge in [0.05, 0.1) is 17.3 Å². The Morgan fingerprint density at radius 2 is 1.70 bits per heavy atom. The maximum atomic E-state index is 12.2. The lowest BCUT2D eigenvalue weighted by atomic mass is 9.78. The van der Waals surface area contributed by atoms with E-state index in [0.717, 1.165) is 12.8 Å². The Hall–Kier alpha value is -1.59. The fourth-order valence-electron chi connectivity index (χ4n) is 2.60. The Morgan fingerprint density at radius 3 is 2.20 bits per heavy atom. The van der Waals surface area contributed by atoms with Crippen LogP contribution in [0.25, 0.3) is 0 Å². The molecule has 114 valence electrons. The zero-order chi connectivity index (χ0) is 15.3. The number of hydrogen-bond acceptors (Lipinski definition) is 3. The molecular weight excluding hydrogens is 260 g/mol. The second kappa shape index (κ2) is 6.72. The maximum absolute atomic E-state index is 12.2. The van der Waals surface area contributed by atoms with E-state index < -0.39 is 23.2 Å². The van der Waals surface area contributed by atoms with Gasteiger partial charge < -0.3 is 15.7 Å². The molecule has 0 aliphatic heterocycles. The molecule has 6 nitrogen and oxygen atoms in total. The van der Waals surface area contributed by atoms with Gasteiger partial charge in [0.1, 0.15) is 0 Å². The zero-order valence-electron chi connectivity index (χ0n) is 12.4. The summed E-state index contributed by atoms with van der Waals surface area (Å²) in [6.07, 6.45) is 2.88. The van der Waals surface area contributed by atoms with Gasteiger partial charge in [0.15, 0.2) is 0 Å². The summed E-state index contributed by atoms with van der Waals surface area (Å²) in [6.45, 7) is 3.68. The molecule has 2 unspecified atom stereocenters. The summed E-state index contributed by atoms with van der Waals surface area (Å²) in [4.78, 5) is 35.0. The third-order valence-electron chi connectivity index (χ3n) is 3.97. The van der Waals surface area contributed by atoms with Gasteiger partial charge in [0.2, 0.25) is 11.8 Å². The summed E-state index contributed by atoms with van der Waals surface area (Å²) in [5, 5.41) is 14.4. The van der Waals surface area contributed by atoms with Crippen LogP contribution in [-0.2, 0) is 14.4 Å². The summed E-state index contributed by atoms with van der Waals surface area (Å²) >= 11 is 0. The van der Waals surface area contributed by atoms with Crippen molar-refractivity contribution >= 4 is 17.8 Å². The predicted molar refractivity (Wildman–Crippen MR) is 73.9 cm³/mol. The van der Waals surface area contributed by atoms with Gasteiger partial charge in [-0.05, 0) is 26.7 Å². The van der Waals surface area contributed by atoms with E-state index in [2.05, 4.69) is 10.6 Å². The highest BCUT2D eigenvalue weighted by atomic mass is 16.4. The van der Waals surface area contributed by atoms with Gasteiger partial charge in [-0.1, -0.05) is 12.8 Å². The van der Waals surface area contributed by atoms with E-state index in [4.69, 9.17) is 5.11 Å². The van der Waals surface area contributed by atoms with Crippen molar-refractivity contribution in [1.29, 1.82) is 0 Å². The molecule has 20 heavy (non-hydrogen) atoms. The lowest BCUT2D eigenvalue weighted by molar-refractivity contribution is -0.149. The van der Waals surface area contributed by atoms with Gasteiger partial charge in [-0.2, -0.15) is 0 Å². The zero-order valence-corrected chi connectivity index (χ0v) is 12.4. The third-order valence-corrected chi connectivity index (χ3v) is 3.97. The molecule has 1 saturated carbocycles. The van der Waals surface area contributed by atoms with Crippen molar-refractivity contribution in [1.82, 2.24) is 10.6 Å². The standard InChI is InChI=1S/C14H24N2O4/c1-14(2,13(20)15-3)8-16-11(17)9-6-4-5-7-10(9)12(18)19/h9-10H,4-8H2,1-3H3,(H,15,20)(H,16,17)(H,18,19). The van der Waals surface area contributed by atoms with Crippen LogP contribution in [0, 0.1) is 17.3 Å². The fraction of sp³-hybridized carbons (Fsp3) is 0.786. The number of aliphatic carboxylic acids is 1. The average Bonchev–Trinajstić information content (AvgIpc) is 2.43. The highest BCUT2D eigenvalue weighted by Gasteiger charge is 2.36. The third kappa shape index (κ3) is 3.95. The minimum atomic E-state index is -0.907. The number of rotatable bonds is 5. The topological polar surface area (TPSA) is 95.5 Å². The van der Waals surface area contributed by atoms with Crippen molar-refractivity contribution in [3.05, 3.63) is 0 Å².